The van der Waals surface area contributed by atoms with E-state index in [0.29, 0.717) is 11.1 Å². The number of benzene rings is 1. The van der Waals surface area contributed by atoms with Gasteiger partial charge in [0.2, 0.25) is 9.84 Å². The number of nitro benzene ring substituents is 1. The quantitative estimate of drug-likeness (QED) is 0.397. The Labute approximate surface area is 137 Å². The lowest BCUT2D eigenvalue weighted by atomic mass is 10.0. The summed E-state index contributed by atoms with van der Waals surface area (Å²) in [5, 5.41) is 10.7. The number of non-ortho nitro benzene ring substituents is 1. The first-order valence-electron chi connectivity index (χ1n) is 6.79. The molecule has 2 heterocycles. The first kappa shape index (κ1) is 15.9. The molecule has 0 atom stereocenters. The van der Waals surface area contributed by atoms with Gasteiger partial charge in [-0.25, -0.2) is 13.4 Å². The second-order valence-corrected chi connectivity index (χ2v) is 7.06. The van der Waals surface area contributed by atoms with Crippen LogP contribution in [0.15, 0.2) is 33.1 Å². The van der Waals surface area contributed by atoms with E-state index in [1.165, 1.54) is 25.4 Å². The molecular weight excluding hydrogens is 334 g/mol. The summed E-state index contributed by atoms with van der Waals surface area (Å²) in [7, 11) is -2.44. The van der Waals surface area contributed by atoms with Crippen LogP contribution in [0.5, 0.6) is 0 Å². The summed E-state index contributed by atoms with van der Waals surface area (Å²) in [5.41, 5.74) is 12.7. The highest BCUT2D eigenvalue weighted by Gasteiger charge is 2.34. The maximum absolute atomic E-state index is 12.8. The number of nitrogen functional groups attached to an aromatic ring is 2. The van der Waals surface area contributed by atoms with E-state index >= 15 is 0 Å². The van der Waals surface area contributed by atoms with E-state index in [0.717, 1.165) is 6.07 Å². The molecule has 0 fully saturated rings. The number of rotatable bonds is 2. The number of sulfone groups is 1. The van der Waals surface area contributed by atoms with Gasteiger partial charge in [-0.05, 0) is 11.6 Å². The van der Waals surface area contributed by atoms with Crippen LogP contribution in [0.1, 0.15) is 16.7 Å². The molecule has 0 bridgehead atoms. The van der Waals surface area contributed by atoms with E-state index in [2.05, 4.69) is 9.98 Å². The molecule has 9 nitrogen and oxygen atoms in total. The van der Waals surface area contributed by atoms with Gasteiger partial charge in [-0.1, -0.05) is 0 Å². The molecule has 4 N–H and O–H groups in total. The standard InChI is InChI=1S/C14H13N5O4S/c1-17-6-10-12(15)9-5-7-4-8(19(20)21)2-3-11(7)24(22,23)14(9)18-13(10)16/h2-4,6H,5H2,1H3,(H4,15,16,18). The zero-order valence-electron chi connectivity index (χ0n) is 12.6. The fourth-order valence-corrected chi connectivity index (χ4v) is 4.34. The van der Waals surface area contributed by atoms with Crippen LogP contribution in [-0.2, 0) is 16.3 Å². The Morgan fingerprint density at radius 2 is 2.08 bits per heavy atom. The largest absolute Gasteiger partial charge is 0.398 e. The van der Waals surface area contributed by atoms with Crippen molar-refractivity contribution in [1.82, 2.24) is 4.98 Å². The molecule has 3 rings (SSSR count). The molecular formula is C14H13N5O4S. The summed E-state index contributed by atoms with van der Waals surface area (Å²) in [4.78, 5) is 18.1. The van der Waals surface area contributed by atoms with Gasteiger partial charge in [0.25, 0.3) is 5.69 Å². The number of pyridine rings is 1. The van der Waals surface area contributed by atoms with E-state index in [4.69, 9.17) is 11.5 Å². The number of hydrogen-bond acceptors (Lipinski definition) is 8. The zero-order valence-corrected chi connectivity index (χ0v) is 13.4. The SMILES string of the molecule is CN=Cc1c(N)nc2c(c1N)Cc1cc([N+](=O)[O-])ccc1S2(=O)=O. The van der Waals surface area contributed by atoms with Crippen LogP contribution in [0, 0.1) is 10.1 Å². The van der Waals surface area contributed by atoms with Gasteiger partial charge in [-0.3, -0.25) is 15.1 Å². The number of nitrogens with two attached hydrogens (primary N) is 2. The molecule has 0 radical (unpaired) electrons. The Balaban J connectivity index is 2.31. The van der Waals surface area contributed by atoms with Gasteiger partial charge < -0.3 is 11.5 Å². The van der Waals surface area contributed by atoms with E-state index < -0.39 is 14.8 Å². The van der Waals surface area contributed by atoms with E-state index in [1.807, 2.05) is 0 Å². The third-order valence-electron chi connectivity index (χ3n) is 3.80. The molecule has 0 saturated heterocycles. The van der Waals surface area contributed by atoms with Gasteiger partial charge in [0, 0.05) is 37.4 Å². The molecule has 0 spiro atoms. The first-order chi connectivity index (χ1) is 11.3. The number of nitro groups is 1. The van der Waals surface area contributed by atoms with Crippen molar-refractivity contribution in [3.8, 4) is 0 Å². The number of nitrogens with zero attached hydrogens (tertiary/aromatic N) is 3. The summed E-state index contributed by atoms with van der Waals surface area (Å²) in [5.74, 6) is -0.0363. The van der Waals surface area contributed by atoms with Gasteiger partial charge in [0.15, 0.2) is 5.03 Å². The number of hydrogen-bond donors (Lipinski definition) is 2. The first-order valence-corrected chi connectivity index (χ1v) is 8.28. The van der Waals surface area contributed by atoms with Crippen molar-refractivity contribution in [2.24, 2.45) is 4.99 Å². The number of anilines is 2. The number of aromatic nitrogens is 1. The van der Waals surface area contributed by atoms with Crippen LogP contribution in [0.3, 0.4) is 0 Å². The summed E-state index contributed by atoms with van der Waals surface area (Å²) in [6.45, 7) is 0. The average molecular weight is 347 g/mol. The third kappa shape index (κ3) is 2.19. The van der Waals surface area contributed by atoms with Crippen LogP contribution in [0.25, 0.3) is 0 Å². The Bertz CT molecular complexity index is 1010. The van der Waals surface area contributed by atoms with Crippen LogP contribution in [0.2, 0.25) is 0 Å². The van der Waals surface area contributed by atoms with Crippen LogP contribution >= 0.6 is 0 Å². The molecule has 2 aromatic rings. The Morgan fingerprint density at radius 1 is 1.38 bits per heavy atom. The summed E-state index contributed by atoms with van der Waals surface area (Å²) < 4.78 is 25.5. The molecule has 0 unspecified atom stereocenters. The molecule has 1 aromatic heterocycles. The van der Waals surface area contributed by atoms with E-state index in [9.17, 15) is 18.5 Å². The minimum atomic E-state index is -3.96. The van der Waals surface area contributed by atoms with Crippen molar-refractivity contribution in [2.45, 2.75) is 16.3 Å². The molecule has 0 amide bonds. The zero-order chi connectivity index (χ0) is 17.6. The van der Waals surface area contributed by atoms with Gasteiger partial charge in [0.05, 0.1) is 21.1 Å². The molecule has 1 aliphatic heterocycles. The smallest absolute Gasteiger partial charge is 0.269 e. The predicted octanol–water partition coefficient (Wildman–Crippen LogP) is 0.940. The molecule has 1 aromatic carbocycles. The lowest BCUT2D eigenvalue weighted by molar-refractivity contribution is -0.385. The lowest BCUT2D eigenvalue weighted by Crippen LogP contribution is -2.20. The lowest BCUT2D eigenvalue weighted by Gasteiger charge is -2.21. The van der Waals surface area contributed by atoms with Crippen molar-refractivity contribution in [3.63, 3.8) is 0 Å². The topological polar surface area (TPSA) is 155 Å². The van der Waals surface area contributed by atoms with Crippen LogP contribution in [0.4, 0.5) is 17.2 Å². The minimum absolute atomic E-state index is 0.0243. The molecule has 24 heavy (non-hydrogen) atoms. The fourth-order valence-electron chi connectivity index (χ4n) is 2.69. The number of fused-ring (bicyclic) bond motifs is 2. The maximum Gasteiger partial charge on any atom is 0.269 e. The van der Waals surface area contributed by atoms with Crippen molar-refractivity contribution in [2.75, 3.05) is 18.5 Å². The highest BCUT2D eigenvalue weighted by molar-refractivity contribution is 7.91. The van der Waals surface area contributed by atoms with Gasteiger partial charge in [0.1, 0.15) is 5.82 Å². The van der Waals surface area contributed by atoms with Gasteiger partial charge in [-0.15, -0.1) is 0 Å². The molecule has 0 aliphatic carbocycles. The van der Waals surface area contributed by atoms with Crippen molar-refractivity contribution in [3.05, 3.63) is 45.0 Å². The molecule has 0 saturated carbocycles. The van der Waals surface area contributed by atoms with Gasteiger partial charge in [-0.2, -0.15) is 0 Å². The second kappa shape index (κ2) is 5.27. The highest BCUT2D eigenvalue weighted by Crippen LogP contribution is 2.39. The van der Waals surface area contributed by atoms with Crippen molar-refractivity contribution >= 4 is 33.2 Å². The van der Waals surface area contributed by atoms with Crippen molar-refractivity contribution in [1.29, 1.82) is 0 Å². The van der Waals surface area contributed by atoms with Crippen LogP contribution < -0.4 is 11.5 Å². The predicted molar refractivity (Wildman–Crippen MR) is 87.9 cm³/mol. The normalized spacial score (nSPS) is 15.0. The summed E-state index contributed by atoms with van der Waals surface area (Å²) in [6.07, 6.45) is 1.50. The molecule has 10 heteroatoms. The van der Waals surface area contributed by atoms with Crippen LogP contribution in [-0.4, -0.2) is 31.6 Å². The maximum atomic E-state index is 12.8. The highest BCUT2D eigenvalue weighted by atomic mass is 32.2. The molecule has 124 valence electrons. The Hall–Kier alpha value is -3.01. The van der Waals surface area contributed by atoms with E-state index in [1.54, 1.807) is 0 Å². The summed E-state index contributed by atoms with van der Waals surface area (Å²) in [6, 6.07) is 3.59. The second-order valence-electron chi connectivity index (χ2n) is 5.22. The average Bonchev–Trinajstić information content (AvgIpc) is 2.52. The minimum Gasteiger partial charge on any atom is -0.398 e. The van der Waals surface area contributed by atoms with E-state index in [-0.39, 0.29) is 39.1 Å². The monoisotopic (exact) mass is 347 g/mol. The fraction of sp³-hybridized carbons (Fsp3) is 0.143. The Kier molecular flexibility index (Phi) is 3.48. The summed E-state index contributed by atoms with van der Waals surface area (Å²) >= 11 is 0. The third-order valence-corrected chi connectivity index (χ3v) is 5.62. The number of aliphatic imine (C=N–C) groups is 1. The molecule has 1 aliphatic rings. The van der Waals surface area contributed by atoms with Gasteiger partial charge >= 0.3 is 0 Å². The van der Waals surface area contributed by atoms with Crippen molar-refractivity contribution < 1.29 is 13.3 Å². The Morgan fingerprint density at radius 3 is 2.71 bits per heavy atom.